The number of H-pyrrole nitrogens is 2. The molecule has 0 aliphatic heterocycles. The summed E-state index contributed by atoms with van der Waals surface area (Å²) in [6.45, 7) is -0.228. The topological polar surface area (TPSA) is 280 Å². The molecule has 0 spiro atoms. The molecule has 2 aromatic heterocycles. The number of aromatic nitrogens is 7. The van der Waals surface area contributed by atoms with Crippen LogP contribution in [-0.4, -0.2) is 71.8 Å². The van der Waals surface area contributed by atoms with Crippen molar-refractivity contribution in [1.29, 1.82) is 0 Å². The van der Waals surface area contributed by atoms with Gasteiger partial charge in [-0.1, -0.05) is 24.3 Å². The Bertz CT molecular complexity index is 1600. The first-order valence-corrected chi connectivity index (χ1v) is 13.2. The zero-order valence-corrected chi connectivity index (χ0v) is 20.1. The van der Waals surface area contributed by atoms with E-state index in [1.165, 1.54) is 6.07 Å². The summed E-state index contributed by atoms with van der Waals surface area (Å²) < 4.78 is 54.1. The molecular weight excluding hydrogens is 512 g/mol. The molecule has 11 N–H and O–H groups in total. The van der Waals surface area contributed by atoms with Gasteiger partial charge in [-0.2, -0.15) is 15.3 Å². The molecule has 0 aliphatic rings. The summed E-state index contributed by atoms with van der Waals surface area (Å²) >= 11 is 0. The largest absolute Gasteiger partial charge is 0.368 e. The van der Waals surface area contributed by atoms with E-state index in [0.717, 1.165) is 6.07 Å². The van der Waals surface area contributed by atoms with Crippen molar-refractivity contribution in [3.8, 4) is 33.9 Å². The Morgan fingerprint density at radius 3 is 2.39 bits per heavy atom. The lowest BCUT2D eigenvalue weighted by Crippen LogP contribution is -2.42. The van der Waals surface area contributed by atoms with Crippen LogP contribution in [0.1, 0.15) is 0 Å². The minimum absolute atomic E-state index is 0.00442. The van der Waals surface area contributed by atoms with E-state index in [1.54, 1.807) is 24.3 Å². The molecule has 4 aromatic rings. The third kappa shape index (κ3) is 5.08. The van der Waals surface area contributed by atoms with Gasteiger partial charge < -0.3 is 17.2 Å². The minimum Gasteiger partial charge on any atom is -0.368 e. The number of rotatable bonds is 9. The van der Waals surface area contributed by atoms with E-state index in [9.17, 15) is 16.8 Å². The first kappa shape index (κ1) is 25.3. The Morgan fingerprint density at radius 1 is 1.03 bits per heavy atom. The van der Waals surface area contributed by atoms with Gasteiger partial charge in [0.2, 0.25) is 31.8 Å². The molecule has 2 heterocycles. The first-order chi connectivity index (χ1) is 17.0. The van der Waals surface area contributed by atoms with E-state index in [1.807, 2.05) is 0 Å². The molecule has 0 amide bonds. The Hall–Kier alpha value is -3.81. The fourth-order valence-corrected chi connectivity index (χ4v) is 6.09. The smallest absolute Gasteiger partial charge is 0.241 e. The van der Waals surface area contributed by atoms with Crippen LogP contribution in [0.2, 0.25) is 0 Å². The number of benzene rings is 2. The lowest BCUT2D eigenvalue weighted by molar-refractivity contribution is 0.563. The minimum atomic E-state index is -4.65. The number of hydrogen-bond donors (Lipinski definition) is 7. The van der Waals surface area contributed by atoms with Crippen molar-refractivity contribution in [2.75, 3.05) is 18.8 Å². The number of sulfonamides is 2. The van der Waals surface area contributed by atoms with Gasteiger partial charge in [0, 0.05) is 24.7 Å². The summed E-state index contributed by atoms with van der Waals surface area (Å²) in [6, 6.07) is 8.54. The maximum atomic E-state index is 13.1. The second-order valence-electron chi connectivity index (χ2n) is 7.57. The number of tetrazole rings is 1. The van der Waals surface area contributed by atoms with Gasteiger partial charge in [0.05, 0.1) is 5.56 Å². The Morgan fingerprint density at radius 2 is 1.78 bits per heavy atom. The van der Waals surface area contributed by atoms with E-state index >= 15 is 0 Å². The number of nitrogens with two attached hydrogens (primary N) is 4. The average molecular weight is 535 g/mol. The molecule has 0 unspecified atom stereocenters. The number of hydrogen-bond acceptors (Lipinski definition) is 12. The maximum Gasteiger partial charge on any atom is 0.241 e. The van der Waals surface area contributed by atoms with Gasteiger partial charge in [-0.15, -0.1) is 10.2 Å². The third-order valence-corrected chi connectivity index (χ3v) is 7.63. The van der Waals surface area contributed by atoms with Crippen LogP contribution >= 0.6 is 0 Å². The highest BCUT2D eigenvalue weighted by molar-refractivity contribution is 7.92. The van der Waals surface area contributed by atoms with Gasteiger partial charge in [0.1, 0.15) is 9.79 Å². The molecule has 0 bridgehead atoms. The monoisotopic (exact) mass is 534 g/mol. The molecule has 0 radical (unpaired) electrons. The van der Waals surface area contributed by atoms with Crippen molar-refractivity contribution in [3.63, 3.8) is 0 Å². The molecule has 190 valence electrons. The highest BCUT2D eigenvalue weighted by atomic mass is 32.2. The van der Waals surface area contributed by atoms with Crippen molar-refractivity contribution in [2.45, 2.75) is 15.8 Å². The average Bonchev–Trinajstić information content (AvgIpc) is 3.53. The molecule has 16 nitrogen and oxygen atoms in total. The van der Waals surface area contributed by atoms with Crippen molar-refractivity contribution in [3.05, 3.63) is 36.4 Å². The molecule has 36 heavy (non-hydrogen) atoms. The molecule has 18 heteroatoms. The van der Waals surface area contributed by atoms with Crippen molar-refractivity contribution in [2.24, 2.45) is 16.6 Å². The number of nitrogens with zero attached hydrogens (tertiary/aromatic N) is 5. The third-order valence-electron chi connectivity index (χ3n) is 5.04. The van der Waals surface area contributed by atoms with E-state index in [0.29, 0.717) is 17.0 Å². The predicted molar refractivity (Wildman–Crippen MR) is 128 cm³/mol. The molecule has 2 aromatic carbocycles. The quantitative estimate of drug-likeness (QED) is 0.124. The predicted octanol–water partition coefficient (Wildman–Crippen LogP) is -1.89. The molecule has 0 saturated heterocycles. The number of primary sulfonamides is 1. The molecule has 0 aliphatic carbocycles. The Balaban J connectivity index is 1.97. The number of aromatic amines is 2. The lowest BCUT2D eigenvalue weighted by atomic mass is 9.97. The van der Waals surface area contributed by atoms with Crippen LogP contribution in [0.4, 0.5) is 5.95 Å². The maximum absolute atomic E-state index is 13.1. The van der Waals surface area contributed by atoms with Crippen LogP contribution in [0.25, 0.3) is 33.9 Å². The number of nitrogen functional groups attached to an aromatic ring is 1. The van der Waals surface area contributed by atoms with Crippen molar-refractivity contribution >= 4 is 26.0 Å². The van der Waals surface area contributed by atoms with E-state index in [2.05, 4.69) is 40.5 Å². The highest BCUT2D eigenvalue weighted by Crippen LogP contribution is 2.39. The summed E-state index contributed by atoms with van der Waals surface area (Å²) in [6.07, 6.45) is 0. The molecule has 0 fully saturated rings. The molecule has 0 saturated carbocycles. The van der Waals surface area contributed by atoms with Crippen LogP contribution in [0.15, 0.2) is 46.2 Å². The van der Waals surface area contributed by atoms with E-state index in [4.69, 9.17) is 22.3 Å². The molecular formula is C18H22N12O4S2. The summed E-state index contributed by atoms with van der Waals surface area (Å²) in [5, 5.41) is 25.5. The summed E-state index contributed by atoms with van der Waals surface area (Å²) in [7, 11) is -9.06. The van der Waals surface area contributed by atoms with Gasteiger partial charge in [-0.25, -0.2) is 31.8 Å². The highest BCUT2D eigenvalue weighted by Gasteiger charge is 2.32. The summed E-state index contributed by atoms with van der Waals surface area (Å²) in [5.41, 5.74) is 17.9. The van der Waals surface area contributed by atoms with Crippen LogP contribution in [-0.2, 0) is 20.0 Å². The fourth-order valence-electron chi connectivity index (χ4n) is 3.39. The summed E-state index contributed by atoms with van der Waals surface area (Å²) in [4.78, 5) is 2.75. The Kier molecular flexibility index (Phi) is 6.80. The van der Waals surface area contributed by atoms with Crippen molar-refractivity contribution in [1.82, 2.24) is 40.5 Å². The fraction of sp³-hybridized carbons (Fsp3) is 0.167. The standard InChI is InChI=1S/C18H22N12O4S2/c19-7-11(20)8-23-36(33,34)13-5-4-12(14(15(13)35(22,31)32)17-26-29-30-27-17)9-2-1-3-10(6-9)16-24-18(21)28-25-16/h1-6,11,23H,7-8,19-20H2,(H2,22,31,32)(H3,21,24,25,28)(H,26,27,29,30)/t11-/m0/s1. The van der Waals surface area contributed by atoms with Crippen LogP contribution < -0.4 is 27.1 Å². The van der Waals surface area contributed by atoms with Crippen molar-refractivity contribution < 1.29 is 16.8 Å². The zero-order chi connectivity index (χ0) is 26.1. The van der Waals surface area contributed by atoms with Gasteiger partial charge in [-0.05, 0) is 28.5 Å². The second kappa shape index (κ2) is 9.68. The second-order valence-corrected chi connectivity index (χ2v) is 10.8. The SMILES string of the molecule is NC[C@H](N)CNS(=O)(=O)c1ccc(-c2cccc(-c3n[nH]c(N)n3)c2)c(-c2nn[nH]n2)c1S(N)(=O)=O. The van der Waals surface area contributed by atoms with Gasteiger partial charge in [0.15, 0.2) is 5.82 Å². The lowest BCUT2D eigenvalue weighted by Gasteiger charge is -2.17. The Labute approximate surface area is 205 Å². The molecule has 1 atom stereocenters. The van der Waals surface area contributed by atoms with Crippen LogP contribution in [0.5, 0.6) is 0 Å². The van der Waals surface area contributed by atoms with Crippen LogP contribution in [0.3, 0.4) is 0 Å². The number of nitrogens with one attached hydrogen (secondary N) is 3. The van der Waals surface area contributed by atoms with E-state index < -0.39 is 35.9 Å². The van der Waals surface area contributed by atoms with E-state index in [-0.39, 0.29) is 36.0 Å². The summed E-state index contributed by atoms with van der Waals surface area (Å²) in [5.74, 6) is 0.204. The van der Waals surface area contributed by atoms with Crippen LogP contribution in [0, 0.1) is 0 Å². The first-order valence-electron chi connectivity index (χ1n) is 10.2. The van der Waals surface area contributed by atoms with Gasteiger partial charge >= 0.3 is 0 Å². The normalized spacial score (nSPS) is 13.1. The number of anilines is 1. The van der Waals surface area contributed by atoms with Gasteiger partial charge in [0.25, 0.3) is 0 Å². The molecule has 4 rings (SSSR count). The van der Waals surface area contributed by atoms with Gasteiger partial charge in [-0.3, -0.25) is 0 Å². The zero-order valence-electron chi connectivity index (χ0n) is 18.5.